The smallest absolute Gasteiger partial charge is 0.303 e. The van der Waals surface area contributed by atoms with Gasteiger partial charge >= 0.3 is 11.9 Å². The van der Waals surface area contributed by atoms with Gasteiger partial charge in [0.1, 0.15) is 0 Å². The van der Waals surface area contributed by atoms with Crippen LogP contribution in [0.4, 0.5) is 0 Å². The van der Waals surface area contributed by atoms with Gasteiger partial charge in [0.2, 0.25) is 0 Å². The SMILES string of the molecule is CCCCCCCCCCCCCCCC(=O)O.O=C(O)CCCCCCCCCCCCCCCCCO. The van der Waals surface area contributed by atoms with Gasteiger partial charge in [0, 0.05) is 19.4 Å². The fourth-order valence-corrected chi connectivity index (χ4v) is 4.98. The Balaban J connectivity index is 0. The number of unbranched alkanes of at least 4 members (excludes halogenated alkanes) is 26. The van der Waals surface area contributed by atoms with Crippen LogP contribution in [0.1, 0.15) is 200 Å². The first-order chi connectivity index (χ1) is 19.0. The number of hydrogen-bond acceptors (Lipinski definition) is 3. The Bertz CT molecular complexity index is 480. The molecule has 0 amide bonds. The van der Waals surface area contributed by atoms with Crippen molar-refractivity contribution in [1.82, 2.24) is 0 Å². The molecule has 0 aromatic rings. The van der Waals surface area contributed by atoms with Gasteiger partial charge in [-0.1, -0.05) is 167 Å². The Labute approximate surface area is 242 Å². The summed E-state index contributed by atoms with van der Waals surface area (Å²) in [5.74, 6) is -1.32. The standard InChI is InChI=1S/C18H36O3.C16H32O2/c19-17-15-13-11-9-7-5-3-1-2-4-6-8-10-12-14-16-18(20)21;1-2-3-4-5-6-7-8-9-10-11-12-13-14-15-16(17)18/h19H,1-17H2,(H,20,21);2-15H2,1H3,(H,17,18). The summed E-state index contributed by atoms with van der Waals surface area (Å²) in [6.45, 7) is 2.61. The maximum atomic E-state index is 10.3. The monoisotopic (exact) mass is 557 g/mol. The molecule has 0 aliphatic rings. The Morgan fingerprint density at radius 2 is 0.564 bits per heavy atom. The number of hydrogen-bond donors (Lipinski definition) is 3. The summed E-state index contributed by atoms with van der Waals surface area (Å²) in [5.41, 5.74) is 0. The van der Waals surface area contributed by atoms with Crippen LogP contribution in [0, 0.1) is 0 Å². The fraction of sp³-hybridized carbons (Fsp3) is 0.941. The largest absolute Gasteiger partial charge is 0.481 e. The van der Waals surface area contributed by atoms with Gasteiger partial charge in [-0.15, -0.1) is 0 Å². The Morgan fingerprint density at radius 1 is 0.359 bits per heavy atom. The van der Waals surface area contributed by atoms with Crippen molar-refractivity contribution in [2.75, 3.05) is 6.61 Å². The van der Waals surface area contributed by atoms with Gasteiger partial charge in [-0.05, 0) is 19.3 Å². The van der Waals surface area contributed by atoms with Crippen LogP contribution in [-0.2, 0) is 9.59 Å². The summed E-state index contributed by atoms with van der Waals surface area (Å²) < 4.78 is 0. The molecule has 3 N–H and O–H groups in total. The van der Waals surface area contributed by atoms with E-state index in [1.54, 1.807) is 0 Å². The molecule has 0 unspecified atom stereocenters. The second-order valence-electron chi connectivity index (χ2n) is 11.6. The molecule has 0 aromatic carbocycles. The third-order valence-electron chi connectivity index (χ3n) is 7.54. The van der Waals surface area contributed by atoms with Crippen molar-refractivity contribution >= 4 is 11.9 Å². The zero-order valence-electron chi connectivity index (χ0n) is 26.1. The van der Waals surface area contributed by atoms with Crippen LogP contribution in [0.3, 0.4) is 0 Å². The van der Waals surface area contributed by atoms with E-state index in [1.165, 1.54) is 148 Å². The molecular weight excluding hydrogens is 488 g/mol. The van der Waals surface area contributed by atoms with Crippen molar-refractivity contribution in [2.45, 2.75) is 200 Å². The molecule has 0 aliphatic heterocycles. The molecule has 0 saturated carbocycles. The predicted octanol–water partition coefficient (Wildman–Crippen LogP) is 10.9. The van der Waals surface area contributed by atoms with Crippen molar-refractivity contribution in [2.24, 2.45) is 0 Å². The second kappa shape index (κ2) is 36.9. The topological polar surface area (TPSA) is 94.8 Å². The van der Waals surface area contributed by atoms with E-state index in [0.29, 0.717) is 19.4 Å². The molecule has 0 aromatic heterocycles. The van der Waals surface area contributed by atoms with Crippen molar-refractivity contribution < 1.29 is 24.9 Å². The van der Waals surface area contributed by atoms with Crippen LogP contribution < -0.4 is 0 Å². The predicted molar refractivity (Wildman–Crippen MR) is 167 cm³/mol. The van der Waals surface area contributed by atoms with E-state index in [1.807, 2.05) is 0 Å². The molecular formula is C34H68O5. The molecule has 5 heteroatoms. The summed E-state index contributed by atoms with van der Waals surface area (Å²) in [4.78, 5) is 20.6. The highest BCUT2D eigenvalue weighted by Crippen LogP contribution is 2.14. The number of carboxylic acids is 2. The summed E-state index contributed by atoms with van der Waals surface area (Å²) in [5, 5.41) is 25.7. The van der Waals surface area contributed by atoms with Gasteiger partial charge in [-0.3, -0.25) is 9.59 Å². The average Bonchev–Trinajstić information content (AvgIpc) is 2.91. The van der Waals surface area contributed by atoms with Crippen molar-refractivity contribution in [3.63, 3.8) is 0 Å². The maximum Gasteiger partial charge on any atom is 0.303 e. The van der Waals surface area contributed by atoms with E-state index in [-0.39, 0.29) is 0 Å². The van der Waals surface area contributed by atoms with Gasteiger partial charge in [-0.2, -0.15) is 0 Å². The van der Waals surface area contributed by atoms with Gasteiger partial charge in [-0.25, -0.2) is 0 Å². The number of carbonyl (C=O) groups is 2. The lowest BCUT2D eigenvalue weighted by molar-refractivity contribution is -0.138. The summed E-state index contributed by atoms with van der Waals surface area (Å²) in [6, 6.07) is 0. The highest BCUT2D eigenvalue weighted by molar-refractivity contribution is 5.66. The third-order valence-corrected chi connectivity index (χ3v) is 7.54. The summed E-state index contributed by atoms with van der Waals surface area (Å²) in [6.07, 6.45) is 36.2. The summed E-state index contributed by atoms with van der Waals surface area (Å²) >= 11 is 0. The molecule has 0 bridgehead atoms. The maximum absolute atomic E-state index is 10.3. The number of aliphatic hydroxyl groups excluding tert-OH is 1. The first kappa shape index (κ1) is 40.0. The molecule has 39 heavy (non-hydrogen) atoms. The third kappa shape index (κ3) is 44.2. The minimum absolute atomic E-state index is 0.333. The lowest BCUT2D eigenvalue weighted by Gasteiger charge is -2.03. The lowest BCUT2D eigenvalue weighted by atomic mass is 10.0. The van der Waals surface area contributed by atoms with Crippen LogP contribution in [0.15, 0.2) is 0 Å². The minimum atomic E-state index is -0.664. The van der Waals surface area contributed by atoms with E-state index in [2.05, 4.69) is 6.92 Å². The average molecular weight is 557 g/mol. The number of aliphatic hydroxyl groups is 1. The molecule has 0 heterocycles. The molecule has 234 valence electrons. The van der Waals surface area contributed by atoms with Gasteiger partial charge in [0.15, 0.2) is 0 Å². The Morgan fingerprint density at radius 3 is 0.769 bits per heavy atom. The van der Waals surface area contributed by atoms with Gasteiger partial charge < -0.3 is 15.3 Å². The van der Waals surface area contributed by atoms with Crippen molar-refractivity contribution in [3.8, 4) is 0 Å². The van der Waals surface area contributed by atoms with E-state index >= 15 is 0 Å². The van der Waals surface area contributed by atoms with E-state index in [9.17, 15) is 9.59 Å². The Hall–Kier alpha value is -1.10. The normalized spacial score (nSPS) is 10.8. The zero-order valence-corrected chi connectivity index (χ0v) is 26.1. The number of rotatable bonds is 31. The van der Waals surface area contributed by atoms with Crippen LogP contribution in [-0.4, -0.2) is 33.9 Å². The quantitative estimate of drug-likeness (QED) is 0.0738. The first-order valence-corrected chi connectivity index (χ1v) is 17.1. The van der Waals surface area contributed by atoms with Crippen LogP contribution >= 0.6 is 0 Å². The lowest BCUT2D eigenvalue weighted by Crippen LogP contribution is -1.93. The highest BCUT2D eigenvalue weighted by atomic mass is 16.4. The second-order valence-corrected chi connectivity index (χ2v) is 11.6. The molecule has 0 saturated heterocycles. The first-order valence-electron chi connectivity index (χ1n) is 17.1. The molecule has 5 nitrogen and oxygen atoms in total. The molecule has 0 fully saturated rings. The molecule has 0 atom stereocenters. The van der Waals surface area contributed by atoms with Gasteiger partial charge in [0.25, 0.3) is 0 Å². The Kier molecular flexibility index (Phi) is 37.9. The van der Waals surface area contributed by atoms with Gasteiger partial charge in [0.05, 0.1) is 0 Å². The van der Waals surface area contributed by atoms with Crippen molar-refractivity contribution in [3.05, 3.63) is 0 Å². The molecule has 0 aliphatic carbocycles. The van der Waals surface area contributed by atoms with Crippen molar-refractivity contribution in [1.29, 1.82) is 0 Å². The number of carboxylic acid groups (broad SMARTS) is 2. The van der Waals surface area contributed by atoms with Crippen LogP contribution in [0.5, 0.6) is 0 Å². The van der Waals surface area contributed by atoms with E-state index in [0.717, 1.165) is 32.1 Å². The van der Waals surface area contributed by atoms with E-state index < -0.39 is 11.9 Å². The van der Waals surface area contributed by atoms with E-state index in [4.69, 9.17) is 15.3 Å². The molecule has 0 spiro atoms. The fourth-order valence-electron chi connectivity index (χ4n) is 4.98. The zero-order chi connectivity index (χ0) is 29.1. The molecule has 0 radical (unpaired) electrons. The van der Waals surface area contributed by atoms with Crippen LogP contribution in [0.25, 0.3) is 0 Å². The minimum Gasteiger partial charge on any atom is -0.481 e. The number of aliphatic carboxylic acids is 2. The summed E-state index contributed by atoms with van der Waals surface area (Å²) in [7, 11) is 0. The molecule has 0 rings (SSSR count). The highest BCUT2D eigenvalue weighted by Gasteiger charge is 1.98. The van der Waals surface area contributed by atoms with Crippen LogP contribution in [0.2, 0.25) is 0 Å².